The molecule has 0 bridgehead atoms. The topological polar surface area (TPSA) is 12.0 Å². The summed E-state index contributed by atoms with van der Waals surface area (Å²) >= 11 is 7.43. The van der Waals surface area contributed by atoms with Crippen molar-refractivity contribution < 1.29 is 4.39 Å². The van der Waals surface area contributed by atoms with E-state index in [9.17, 15) is 4.39 Å². The molecule has 0 aromatic carbocycles. The molecular weight excluding hydrogens is 197 g/mol. The standard InChI is InChI=1S/C8H9ClFNS/c9-5-3-7-8(4-6(5)10)12-2-1-11-7/h3-4,7-8,11H,1-2H2. The van der Waals surface area contributed by atoms with Crippen LogP contribution in [0.2, 0.25) is 0 Å². The van der Waals surface area contributed by atoms with Gasteiger partial charge >= 0.3 is 0 Å². The van der Waals surface area contributed by atoms with Crippen LogP contribution in [0.4, 0.5) is 4.39 Å². The maximum atomic E-state index is 13.0. The Balaban J connectivity index is 2.19. The van der Waals surface area contributed by atoms with Gasteiger partial charge < -0.3 is 5.32 Å². The molecule has 0 saturated carbocycles. The fourth-order valence-corrected chi connectivity index (χ4v) is 2.71. The Morgan fingerprint density at radius 1 is 1.58 bits per heavy atom. The first-order valence-corrected chi connectivity index (χ1v) is 5.30. The second kappa shape index (κ2) is 3.40. The highest BCUT2D eigenvalue weighted by Crippen LogP contribution is 2.31. The molecule has 0 spiro atoms. The van der Waals surface area contributed by atoms with Crippen molar-refractivity contribution in [3.63, 3.8) is 0 Å². The summed E-state index contributed by atoms with van der Waals surface area (Å²) in [6, 6.07) is 0.218. The third-order valence-electron chi connectivity index (χ3n) is 2.01. The van der Waals surface area contributed by atoms with Crippen LogP contribution in [0.1, 0.15) is 0 Å². The van der Waals surface area contributed by atoms with Crippen molar-refractivity contribution in [3.05, 3.63) is 23.0 Å². The first-order chi connectivity index (χ1) is 5.77. The van der Waals surface area contributed by atoms with Crippen molar-refractivity contribution >= 4 is 23.4 Å². The van der Waals surface area contributed by atoms with Gasteiger partial charge in [-0.1, -0.05) is 11.6 Å². The molecule has 12 heavy (non-hydrogen) atoms. The van der Waals surface area contributed by atoms with E-state index in [1.54, 1.807) is 23.9 Å². The molecule has 0 amide bonds. The fraction of sp³-hybridized carbons (Fsp3) is 0.500. The van der Waals surface area contributed by atoms with Crippen LogP contribution in [0.3, 0.4) is 0 Å². The molecule has 2 unspecified atom stereocenters. The van der Waals surface area contributed by atoms with Crippen molar-refractivity contribution in [2.24, 2.45) is 0 Å². The average molecular weight is 206 g/mol. The summed E-state index contributed by atoms with van der Waals surface area (Å²) in [4.78, 5) is 0. The molecule has 0 aromatic rings. The number of rotatable bonds is 0. The molecule has 1 aliphatic carbocycles. The largest absolute Gasteiger partial charge is 0.308 e. The van der Waals surface area contributed by atoms with E-state index < -0.39 is 0 Å². The molecule has 2 atom stereocenters. The minimum atomic E-state index is -0.283. The van der Waals surface area contributed by atoms with Crippen LogP contribution in [-0.4, -0.2) is 23.6 Å². The molecule has 2 rings (SSSR count). The van der Waals surface area contributed by atoms with Gasteiger partial charge in [-0.25, -0.2) is 4.39 Å². The SMILES string of the molecule is FC1=CC2SCCNC2C=C1Cl. The Kier molecular flexibility index (Phi) is 2.44. The number of halogens is 2. The number of allylic oxidation sites excluding steroid dienone is 2. The lowest BCUT2D eigenvalue weighted by molar-refractivity contribution is 0.579. The zero-order chi connectivity index (χ0) is 8.55. The van der Waals surface area contributed by atoms with Crippen LogP contribution < -0.4 is 5.32 Å². The maximum absolute atomic E-state index is 13.0. The second-order valence-corrected chi connectivity index (χ2v) is 4.54. The van der Waals surface area contributed by atoms with Crippen molar-refractivity contribution in [2.45, 2.75) is 11.3 Å². The highest BCUT2D eigenvalue weighted by atomic mass is 35.5. The Morgan fingerprint density at radius 3 is 3.25 bits per heavy atom. The Morgan fingerprint density at radius 2 is 2.42 bits per heavy atom. The molecule has 1 aliphatic heterocycles. The molecule has 1 N–H and O–H groups in total. The van der Waals surface area contributed by atoms with E-state index in [0.717, 1.165) is 12.3 Å². The van der Waals surface area contributed by atoms with Crippen molar-refractivity contribution in [1.82, 2.24) is 5.32 Å². The monoisotopic (exact) mass is 205 g/mol. The number of thioether (sulfide) groups is 1. The zero-order valence-corrected chi connectivity index (χ0v) is 7.96. The van der Waals surface area contributed by atoms with Gasteiger partial charge in [-0.2, -0.15) is 11.8 Å². The van der Waals surface area contributed by atoms with Crippen molar-refractivity contribution in [2.75, 3.05) is 12.3 Å². The first-order valence-electron chi connectivity index (χ1n) is 3.87. The van der Waals surface area contributed by atoms with Crippen LogP contribution in [0.25, 0.3) is 0 Å². The van der Waals surface area contributed by atoms with E-state index in [2.05, 4.69) is 5.32 Å². The summed E-state index contributed by atoms with van der Waals surface area (Å²) in [5, 5.41) is 3.74. The second-order valence-electron chi connectivity index (χ2n) is 2.84. The van der Waals surface area contributed by atoms with Crippen molar-refractivity contribution in [1.29, 1.82) is 0 Å². The van der Waals surface area contributed by atoms with Crippen LogP contribution in [0, 0.1) is 0 Å². The van der Waals surface area contributed by atoms with Gasteiger partial charge in [0.15, 0.2) is 0 Å². The smallest absolute Gasteiger partial charge is 0.138 e. The number of hydrogen-bond donors (Lipinski definition) is 1. The summed E-state index contributed by atoms with van der Waals surface area (Å²) in [7, 11) is 0. The minimum Gasteiger partial charge on any atom is -0.308 e. The zero-order valence-electron chi connectivity index (χ0n) is 6.39. The summed E-state index contributed by atoms with van der Waals surface area (Å²) in [5.74, 6) is 0.755. The lowest BCUT2D eigenvalue weighted by Gasteiger charge is -2.30. The van der Waals surface area contributed by atoms with Crippen molar-refractivity contribution in [3.8, 4) is 0 Å². The molecule has 0 radical (unpaired) electrons. The molecular formula is C8H9ClFNS. The molecule has 1 nitrogen and oxygen atoms in total. The Hall–Kier alpha value is 0.01000. The molecule has 2 aliphatic rings. The van der Waals surface area contributed by atoms with Crippen LogP contribution >= 0.6 is 23.4 Å². The van der Waals surface area contributed by atoms with Gasteiger partial charge in [0.05, 0.1) is 5.03 Å². The molecule has 1 saturated heterocycles. The number of nitrogens with one attached hydrogen (secondary N) is 1. The molecule has 66 valence electrons. The predicted molar refractivity (Wildman–Crippen MR) is 51.2 cm³/mol. The van der Waals surface area contributed by atoms with E-state index in [0.29, 0.717) is 0 Å². The third-order valence-corrected chi connectivity index (χ3v) is 3.57. The maximum Gasteiger partial charge on any atom is 0.138 e. The minimum absolute atomic E-state index is 0.218. The predicted octanol–water partition coefficient (Wildman–Crippen LogP) is 2.05. The number of hydrogen-bond acceptors (Lipinski definition) is 2. The number of fused-ring (bicyclic) bond motifs is 1. The Bertz CT molecular complexity index is 225. The van der Waals surface area contributed by atoms with Crippen LogP contribution in [0.5, 0.6) is 0 Å². The van der Waals surface area contributed by atoms with E-state index in [1.165, 1.54) is 0 Å². The summed E-state index contributed by atoms with van der Waals surface area (Å²) in [5.41, 5.74) is 0. The van der Waals surface area contributed by atoms with Gasteiger partial charge in [0.2, 0.25) is 0 Å². The quantitative estimate of drug-likeness (QED) is 0.650. The summed E-state index contributed by atoms with van der Waals surface area (Å²) in [6.45, 7) is 0.974. The Labute approximate surface area is 80.0 Å². The summed E-state index contributed by atoms with van der Waals surface area (Å²) in [6.07, 6.45) is 3.36. The van der Waals surface area contributed by atoms with E-state index >= 15 is 0 Å². The van der Waals surface area contributed by atoms with Crippen LogP contribution in [-0.2, 0) is 0 Å². The van der Waals surface area contributed by atoms with Gasteiger partial charge in [-0.3, -0.25) is 0 Å². The third kappa shape index (κ3) is 1.53. The highest BCUT2D eigenvalue weighted by Gasteiger charge is 2.26. The molecule has 4 heteroatoms. The van der Waals surface area contributed by atoms with Gasteiger partial charge in [0.25, 0.3) is 0 Å². The van der Waals surface area contributed by atoms with E-state index in [-0.39, 0.29) is 22.2 Å². The molecule has 1 fully saturated rings. The van der Waals surface area contributed by atoms with Gasteiger partial charge in [-0.15, -0.1) is 0 Å². The van der Waals surface area contributed by atoms with E-state index in [4.69, 9.17) is 11.6 Å². The molecule has 0 aromatic heterocycles. The summed E-state index contributed by atoms with van der Waals surface area (Å²) < 4.78 is 13.0. The van der Waals surface area contributed by atoms with Gasteiger partial charge in [0, 0.05) is 23.6 Å². The fourth-order valence-electron chi connectivity index (χ4n) is 1.41. The highest BCUT2D eigenvalue weighted by molar-refractivity contribution is 8.00. The lowest BCUT2D eigenvalue weighted by Crippen LogP contribution is -2.43. The first kappa shape index (κ1) is 8.60. The normalized spacial score (nSPS) is 35.2. The average Bonchev–Trinajstić information content (AvgIpc) is 2.07. The lowest BCUT2D eigenvalue weighted by atomic mass is 10.1. The van der Waals surface area contributed by atoms with Gasteiger partial charge in [-0.05, 0) is 12.2 Å². The van der Waals surface area contributed by atoms with E-state index in [1.807, 2.05) is 0 Å². The molecule has 1 heterocycles. The van der Waals surface area contributed by atoms with Gasteiger partial charge in [0.1, 0.15) is 5.83 Å². The van der Waals surface area contributed by atoms with Crippen LogP contribution in [0.15, 0.2) is 23.0 Å².